The van der Waals surface area contributed by atoms with Crippen LogP contribution in [0.25, 0.3) is 0 Å². The van der Waals surface area contributed by atoms with Gasteiger partial charge in [0.2, 0.25) is 0 Å². The Balaban J connectivity index is 2.40. The third-order valence-corrected chi connectivity index (χ3v) is 3.43. The Hall–Kier alpha value is -1.32. The molecule has 1 aromatic heterocycles. The molecule has 1 unspecified atom stereocenters. The van der Waals surface area contributed by atoms with Crippen LogP contribution in [0, 0.1) is 0 Å². The summed E-state index contributed by atoms with van der Waals surface area (Å²) >= 11 is 6.32. The summed E-state index contributed by atoms with van der Waals surface area (Å²) in [5.41, 5.74) is 2.26. The smallest absolute Gasteiger partial charge is 0.0837 e. The van der Waals surface area contributed by atoms with Crippen molar-refractivity contribution in [2.45, 2.75) is 32.9 Å². The normalized spacial score (nSPS) is 12.6. The lowest BCUT2D eigenvalue weighted by atomic mass is 10.0. The standard InChI is InChI=1S/C15H20ClN3/c1-3-10-17-14(12-8-6-5-7-9-12)15-13(16)11-18-19(15)4-2/h5-9,11,14,17H,3-4,10H2,1-2H3. The van der Waals surface area contributed by atoms with Gasteiger partial charge in [0.15, 0.2) is 0 Å². The zero-order valence-electron chi connectivity index (χ0n) is 11.4. The highest BCUT2D eigenvalue weighted by Gasteiger charge is 2.20. The molecular weight excluding hydrogens is 258 g/mol. The number of aryl methyl sites for hydroxylation is 1. The summed E-state index contributed by atoms with van der Waals surface area (Å²) < 4.78 is 1.96. The molecule has 0 saturated carbocycles. The molecule has 1 N–H and O–H groups in total. The molecule has 3 nitrogen and oxygen atoms in total. The summed E-state index contributed by atoms with van der Waals surface area (Å²) in [7, 11) is 0. The molecule has 2 rings (SSSR count). The molecule has 0 bridgehead atoms. The molecule has 0 radical (unpaired) electrons. The lowest BCUT2D eigenvalue weighted by molar-refractivity contribution is 0.530. The first kappa shape index (κ1) is 14.1. The third-order valence-electron chi connectivity index (χ3n) is 3.14. The van der Waals surface area contributed by atoms with E-state index in [9.17, 15) is 0 Å². The van der Waals surface area contributed by atoms with Crippen LogP contribution in [0.2, 0.25) is 5.02 Å². The minimum atomic E-state index is 0.0936. The van der Waals surface area contributed by atoms with E-state index in [1.807, 2.05) is 10.7 Å². The van der Waals surface area contributed by atoms with Crippen LogP contribution >= 0.6 is 11.6 Å². The quantitative estimate of drug-likeness (QED) is 0.874. The maximum absolute atomic E-state index is 6.32. The van der Waals surface area contributed by atoms with Gasteiger partial charge in [-0.1, -0.05) is 48.9 Å². The van der Waals surface area contributed by atoms with Crippen LogP contribution in [-0.2, 0) is 6.54 Å². The first-order valence-electron chi connectivity index (χ1n) is 6.77. The van der Waals surface area contributed by atoms with E-state index in [1.54, 1.807) is 6.20 Å². The van der Waals surface area contributed by atoms with Crippen molar-refractivity contribution in [3.8, 4) is 0 Å². The highest BCUT2D eigenvalue weighted by Crippen LogP contribution is 2.28. The average Bonchev–Trinajstić information content (AvgIpc) is 2.82. The van der Waals surface area contributed by atoms with Crippen molar-refractivity contribution in [1.29, 1.82) is 0 Å². The molecule has 0 fully saturated rings. The Labute approximate surface area is 119 Å². The molecule has 1 atom stereocenters. The molecule has 19 heavy (non-hydrogen) atoms. The van der Waals surface area contributed by atoms with E-state index in [4.69, 9.17) is 11.6 Å². The van der Waals surface area contributed by atoms with Crippen LogP contribution in [-0.4, -0.2) is 16.3 Å². The van der Waals surface area contributed by atoms with Gasteiger partial charge in [0.1, 0.15) is 0 Å². The van der Waals surface area contributed by atoms with Crippen molar-refractivity contribution in [1.82, 2.24) is 15.1 Å². The van der Waals surface area contributed by atoms with Crippen LogP contribution < -0.4 is 5.32 Å². The summed E-state index contributed by atoms with van der Waals surface area (Å²) in [6.45, 7) is 6.01. The average molecular weight is 278 g/mol. The minimum Gasteiger partial charge on any atom is -0.305 e. The summed E-state index contributed by atoms with van der Waals surface area (Å²) in [4.78, 5) is 0. The highest BCUT2D eigenvalue weighted by atomic mass is 35.5. The summed E-state index contributed by atoms with van der Waals surface area (Å²) in [6.07, 6.45) is 2.81. The third kappa shape index (κ3) is 3.17. The second kappa shape index (κ2) is 6.73. The maximum Gasteiger partial charge on any atom is 0.0837 e. The van der Waals surface area contributed by atoms with E-state index >= 15 is 0 Å². The van der Waals surface area contributed by atoms with Crippen molar-refractivity contribution >= 4 is 11.6 Å². The molecule has 1 heterocycles. The number of aromatic nitrogens is 2. The number of nitrogens with zero attached hydrogens (tertiary/aromatic N) is 2. The van der Waals surface area contributed by atoms with Gasteiger partial charge in [-0.3, -0.25) is 4.68 Å². The monoisotopic (exact) mass is 277 g/mol. The van der Waals surface area contributed by atoms with Crippen LogP contribution in [0.3, 0.4) is 0 Å². The zero-order chi connectivity index (χ0) is 13.7. The largest absolute Gasteiger partial charge is 0.305 e. The van der Waals surface area contributed by atoms with E-state index in [1.165, 1.54) is 5.56 Å². The van der Waals surface area contributed by atoms with Crippen LogP contribution in [0.5, 0.6) is 0 Å². The van der Waals surface area contributed by atoms with Crippen molar-refractivity contribution in [2.75, 3.05) is 6.54 Å². The minimum absolute atomic E-state index is 0.0936. The second-order valence-corrected chi connectivity index (χ2v) is 4.90. The molecule has 0 amide bonds. The Bertz CT molecular complexity index is 507. The summed E-state index contributed by atoms with van der Waals surface area (Å²) in [5, 5.41) is 8.61. The van der Waals surface area contributed by atoms with Crippen molar-refractivity contribution in [3.05, 3.63) is 52.8 Å². The van der Waals surface area contributed by atoms with Gasteiger partial charge in [-0.25, -0.2) is 0 Å². The second-order valence-electron chi connectivity index (χ2n) is 4.49. The lowest BCUT2D eigenvalue weighted by Crippen LogP contribution is -2.26. The van der Waals surface area contributed by atoms with Crippen LogP contribution in [0.4, 0.5) is 0 Å². The summed E-state index contributed by atoms with van der Waals surface area (Å²) in [5.74, 6) is 0. The molecule has 0 spiro atoms. The molecule has 0 aliphatic heterocycles. The van der Waals surface area contributed by atoms with Gasteiger partial charge >= 0.3 is 0 Å². The molecule has 0 saturated heterocycles. The van der Waals surface area contributed by atoms with Crippen LogP contribution in [0.1, 0.15) is 37.6 Å². The van der Waals surface area contributed by atoms with Gasteiger partial charge in [0, 0.05) is 6.54 Å². The Morgan fingerprint density at radius 2 is 2.00 bits per heavy atom. The topological polar surface area (TPSA) is 29.9 Å². The number of hydrogen-bond donors (Lipinski definition) is 1. The first-order valence-corrected chi connectivity index (χ1v) is 7.15. The zero-order valence-corrected chi connectivity index (χ0v) is 12.2. The Morgan fingerprint density at radius 1 is 1.26 bits per heavy atom. The fourth-order valence-electron chi connectivity index (χ4n) is 2.22. The van der Waals surface area contributed by atoms with Crippen molar-refractivity contribution in [3.63, 3.8) is 0 Å². The van der Waals surface area contributed by atoms with E-state index in [0.717, 1.165) is 30.2 Å². The maximum atomic E-state index is 6.32. The van der Waals surface area contributed by atoms with Gasteiger partial charge in [-0.15, -0.1) is 0 Å². The molecule has 1 aromatic carbocycles. The fourth-order valence-corrected chi connectivity index (χ4v) is 2.47. The van der Waals surface area contributed by atoms with Crippen molar-refractivity contribution < 1.29 is 0 Å². The number of halogens is 1. The molecule has 4 heteroatoms. The lowest BCUT2D eigenvalue weighted by Gasteiger charge is -2.20. The van der Waals surface area contributed by atoms with E-state index in [0.29, 0.717) is 0 Å². The predicted molar refractivity (Wildman–Crippen MR) is 79.5 cm³/mol. The number of rotatable bonds is 6. The molecule has 102 valence electrons. The fraction of sp³-hybridized carbons (Fsp3) is 0.400. The Morgan fingerprint density at radius 3 is 2.63 bits per heavy atom. The highest BCUT2D eigenvalue weighted by molar-refractivity contribution is 6.31. The van der Waals surface area contributed by atoms with Gasteiger partial charge in [-0.2, -0.15) is 5.10 Å². The Kier molecular flexibility index (Phi) is 5.00. The predicted octanol–water partition coefficient (Wildman–Crippen LogP) is 3.65. The van der Waals surface area contributed by atoms with E-state index in [-0.39, 0.29) is 6.04 Å². The number of nitrogens with one attached hydrogen (secondary N) is 1. The van der Waals surface area contributed by atoms with Crippen LogP contribution in [0.15, 0.2) is 36.5 Å². The SMILES string of the molecule is CCCNC(c1ccccc1)c1c(Cl)cnn1CC. The van der Waals surface area contributed by atoms with Gasteiger partial charge in [0.05, 0.1) is 23.0 Å². The van der Waals surface area contributed by atoms with E-state index in [2.05, 4.69) is 48.5 Å². The molecule has 0 aliphatic rings. The molecular formula is C15H20ClN3. The number of benzene rings is 1. The summed E-state index contributed by atoms with van der Waals surface area (Å²) in [6, 6.07) is 10.5. The van der Waals surface area contributed by atoms with Gasteiger partial charge in [-0.05, 0) is 25.5 Å². The molecule has 2 aromatic rings. The van der Waals surface area contributed by atoms with Gasteiger partial charge in [0.25, 0.3) is 0 Å². The molecule has 0 aliphatic carbocycles. The van der Waals surface area contributed by atoms with Gasteiger partial charge < -0.3 is 5.32 Å². The van der Waals surface area contributed by atoms with E-state index < -0.39 is 0 Å². The first-order chi connectivity index (χ1) is 9.27. The van der Waals surface area contributed by atoms with Crippen molar-refractivity contribution in [2.24, 2.45) is 0 Å². The number of hydrogen-bond acceptors (Lipinski definition) is 2.